The number of carbonyl (C=O) groups is 1. The molecule has 1 amide bonds. The number of anilines is 1. The molecule has 0 fully saturated rings. The van der Waals surface area contributed by atoms with Gasteiger partial charge in [-0.2, -0.15) is 0 Å². The number of nitrogens with one attached hydrogen (secondary N) is 1. The van der Waals surface area contributed by atoms with Crippen LogP contribution in [0.15, 0.2) is 69.2 Å². The first-order chi connectivity index (χ1) is 12.5. The minimum atomic E-state index is -0.304. The molecule has 132 valence electrons. The third-order valence-corrected chi connectivity index (χ3v) is 3.82. The van der Waals surface area contributed by atoms with Gasteiger partial charge in [0.2, 0.25) is 11.7 Å². The zero-order chi connectivity index (χ0) is 18.5. The molecule has 26 heavy (non-hydrogen) atoms. The normalized spacial score (nSPS) is 12.3. The summed E-state index contributed by atoms with van der Waals surface area (Å²) in [6.45, 7) is -0.0803. The monoisotopic (exact) mass is 369 g/mol. The van der Waals surface area contributed by atoms with Crippen LogP contribution in [0.3, 0.4) is 0 Å². The van der Waals surface area contributed by atoms with Gasteiger partial charge in [0.05, 0.1) is 6.54 Å². The molecule has 0 saturated heterocycles. The van der Waals surface area contributed by atoms with Gasteiger partial charge in [-0.1, -0.05) is 35.9 Å². The topological polar surface area (TPSA) is 105 Å². The summed E-state index contributed by atoms with van der Waals surface area (Å²) in [7, 11) is 1.56. The van der Waals surface area contributed by atoms with Crippen LogP contribution in [-0.2, 0) is 4.79 Å². The third kappa shape index (κ3) is 4.22. The lowest BCUT2D eigenvalue weighted by molar-refractivity contribution is -0.270. The zero-order valence-electron chi connectivity index (χ0n) is 13.8. The van der Waals surface area contributed by atoms with Gasteiger partial charge in [0.25, 0.3) is 0 Å². The lowest BCUT2D eigenvalue weighted by Gasteiger charge is -2.26. The van der Waals surface area contributed by atoms with Gasteiger partial charge >= 0.3 is 0 Å². The fourth-order valence-electron chi connectivity index (χ4n) is 2.26. The van der Waals surface area contributed by atoms with Crippen molar-refractivity contribution in [1.29, 1.82) is 0 Å². The summed E-state index contributed by atoms with van der Waals surface area (Å²) in [5, 5.41) is 31.2. The molecular weight excluding hydrogens is 356 g/mol. The Bertz CT molecular complexity index is 963. The first kappa shape index (κ1) is 17.6. The molecule has 1 N–H and O–H groups in total. The molecule has 1 heterocycles. The average Bonchev–Trinajstić information content (AvgIpc) is 3.18. The Labute approximate surface area is 153 Å². The molecule has 0 saturated carbocycles. The largest absolute Gasteiger partial charge is 0.860 e. The van der Waals surface area contributed by atoms with Crippen LogP contribution < -0.4 is 20.9 Å². The molecule has 0 atom stereocenters. The van der Waals surface area contributed by atoms with E-state index in [4.69, 9.17) is 11.6 Å². The van der Waals surface area contributed by atoms with E-state index >= 15 is 0 Å². The lowest BCUT2D eigenvalue weighted by atomic mass is 10.2. The Morgan fingerprint density at radius 1 is 1.08 bits per heavy atom. The summed E-state index contributed by atoms with van der Waals surface area (Å²) in [5.41, 5.74) is 0.613. The molecule has 8 nitrogen and oxygen atoms in total. The lowest BCUT2D eigenvalue weighted by Crippen LogP contribution is -2.37. The Morgan fingerprint density at radius 3 is 2.31 bits per heavy atom. The number of halogens is 1. The van der Waals surface area contributed by atoms with Crippen LogP contribution in [0.5, 0.6) is 0 Å². The molecule has 0 aliphatic carbocycles. The first-order valence-electron chi connectivity index (χ1n) is 7.63. The predicted molar refractivity (Wildman–Crippen MR) is 94.9 cm³/mol. The highest BCUT2D eigenvalue weighted by Crippen LogP contribution is 2.13. The molecule has 2 aromatic rings. The van der Waals surface area contributed by atoms with Gasteiger partial charge in [-0.3, -0.25) is 4.79 Å². The number of rotatable bonds is 4. The van der Waals surface area contributed by atoms with Crippen LogP contribution in [0, 0.1) is 0 Å². The molecule has 0 spiro atoms. The van der Waals surface area contributed by atoms with E-state index in [1.165, 1.54) is 4.90 Å². The van der Waals surface area contributed by atoms with Gasteiger partial charge < -0.3 is 15.3 Å². The summed E-state index contributed by atoms with van der Waals surface area (Å²) in [5.74, 6) is -0.190. The van der Waals surface area contributed by atoms with E-state index in [2.05, 4.69) is 26.0 Å². The second kappa shape index (κ2) is 7.75. The molecule has 9 heteroatoms. The number of benzene rings is 2. The summed E-state index contributed by atoms with van der Waals surface area (Å²) in [4.78, 5) is 13.4. The van der Waals surface area contributed by atoms with E-state index in [-0.39, 0.29) is 18.3 Å². The maximum Gasteiger partial charge on any atom is 0.243 e. The van der Waals surface area contributed by atoms with Gasteiger partial charge in [-0.05, 0) is 45.8 Å². The summed E-state index contributed by atoms with van der Waals surface area (Å²) < 4.78 is 0. The maximum absolute atomic E-state index is 12.4. The fraction of sp³-hybridized carbons (Fsp3) is 0.118. The number of nitrogens with zero attached hydrogens (tertiary/aromatic N) is 5. The van der Waals surface area contributed by atoms with Crippen molar-refractivity contribution >= 4 is 34.9 Å². The van der Waals surface area contributed by atoms with Crippen molar-refractivity contribution < 1.29 is 9.90 Å². The van der Waals surface area contributed by atoms with E-state index < -0.39 is 0 Å². The van der Waals surface area contributed by atoms with E-state index in [0.717, 1.165) is 0 Å². The number of amides is 1. The quantitative estimate of drug-likeness (QED) is 0.876. The second-order valence-electron chi connectivity index (χ2n) is 5.50. The molecule has 0 bridgehead atoms. The van der Waals surface area contributed by atoms with E-state index in [0.29, 0.717) is 27.0 Å². The van der Waals surface area contributed by atoms with Crippen molar-refractivity contribution in [3.63, 3.8) is 0 Å². The number of carbonyl (C=O) groups excluding carboxylic acids is 1. The van der Waals surface area contributed by atoms with Crippen LogP contribution in [0.25, 0.3) is 11.7 Å². The van der Waals surface area contributed by atoms with Crippen LogP contribution in [0.1, 0.15) is 0 Å². The van der Waals surface area contributed by atoms with Gasteiger partial charge in [-0.25, -0.2) is 0 Å². The van der Waals surface area contributed by atoms with Gasteiger partial charge in [0, 0.05) is 23.0 Å². The Hall–Kier alpha value is -3.26. The maximum atomic E-state index is 12.4. The van der Waals surface area contributed by atoms with Crippen LogP contribution in [-0.4, -0.2) is 24.4 Å². The minimum absolute atomic E-state index is 0.0803. The Morgan fingerprint density at radius 2 is 1.69 bits per heavy atom. The smallest absolute Gasteiger partial charge is 0.243 e. The summed E-state index contributed by atoms with van der Waals surface area (Å²) in [6.07, 6.45) is 0. The highest BCUT2D eigenvalue weighted by molar-refractivity contribution is 6.30. The third-order valence-electron chi connectivity index (χ3n) is 3.56. The Balaban J connectivity index is 1.71. The van der Waals surface area contributed by atoms with Crippen molar-refractivity contribution in [3.8, 4) is 0 Å². The summed E-state index contributed by atoms with van der Waals surface area (Å²) in [6, 6.07) is 13.4. The molecule has 3 rings (SSSR count). The molecule has 1 aliphatic rings. The molecule has 1 aliphatic heterocycles. The standard InChI is InChI=1S/C17H15ClN6O2/c1-24(10-15(25)19-14-8-6-13(18)7-9-14)17(26)12-4-2-11(3-5-12)16-20-22-23-21-16/h2-9,26H,10H2,1H3,(H,19,25)/p-1. The highest BCUT2D eigenvalue weighted by Gasteiger charge is 2.06. The minimum Gasteiger partial charge on any atom is -0.860 e. The second-order valence-corrected chi connectivity index (χ2v) is 5.93. The van der Waals surface area contributed by atoms with Crippen LogP contribution in [0.2, 0.25) is 5.02 Å². The van der Waals surface area contributed by atoms with Crippen molar-refractivity contribution in [1.82, 2.24) is 4.90 Å². The van der Waals surface area contributed by atoms with Crippen LogP contribution >= 0.6 is 11.6 Å². The average molecular weight is 370 g/mol. The molecular formula is C17H14ClN6O2-. The van der Waals surface area contributed by atoms with Gasteiger partial charge in [0.1, 0.15) is 0 Å². The highest BCUT2D eigenvalue weighted by atomic mass is 35.5. The summed E-state index contributed by atoms with van der Waals surface area (Å²) >= 11 is 5.81. The van der Waals surface area contributed by atoms with Crippen LogP contribution in [0.4, 0.5) is 5.69 Å². The zero-order valence-corrected chi connectivity index (χ0v) is 14.5. The number of hydrogen-bond donors (Lipinski definition) is 1. The SMILES string of the molecule is CN(CC(=O)Nc1ccc(Cl)cc1)C([O-])=c1ccc(=C2N=NN=N2)cc1. The molecule has 0 radical (unpaired) electrons. The van der Waals surface area contributed by atoms with Crippen molar-refractivity contribution in [2.75, 3.05) is 18.9 Å². The van der Waals surface area contributed by atoms with Gasteiger partial charge in [-0.15, -0.1) is 10.2 Å². The predicted octanol–water partition coefficient (Wildman–Crippen LogP) is 1.24. The number of likely N-dealkylation sites (N-methyl/N-ethyl adjacent to an activating group) is 1. The number of hydrogen-bond acceptors (Lipinski definition) is 7. The fourth-order valence-corrected chi connectivity index (χ4v) is 2.39. The van der Waals surface area contributed by atoms with Gasteiger partial charge in [0.15, 0.2) is 0 Å². The van der Waals surface area contributed by atoms with Crippen molar-refractivity contribution in [2.45, 2.75) is 0 Å². The van der Waals surface area contributed by atoms with E-state index in [1.807, 2.05) is 0 Å². The van der Waals surface area contributed by atoms with E-state index in [1.54, 1.807) is 55.6 Å². The molecule has 0 aromatic heterocycles. The molecule has 2 aromatic carbocycles. The van der Waals surface area contributed by atoms with Crippen molar-refractivity contribution in [3.05, 3.63) is 64.0 Å². The van der Waals surface area contributed by atoms with Crippen molar-refractivity contribution in [2.24, 2.45) is 20.7 Å². The molecule has 0 unspecified atom stereocenters. The Kier molecular flexibility index (Phi) is 5.23. The first-order valence-corrected chi connectivity index (χ1v) is 8.01. The van der Waals surface area contributed by atoms with E-state index in [9.17, 15) is 9.90 Å².